The lowest BCUT2D eigenvalue weighted by molar-refractivity contribution is 0.0600. The van der Waals surface area contributed by atoms with Crippen molar-refractivity contribution in [3.63, 3.8) is 0 Å². The number of hydrogen-bond donors (Lipinski definition) is 0. The summed E-state index contributed by atoms with van der Waals surface area (Å²) in [7, 11) is 1.36. The zero-order chi connectivity index (χ0) is 14.7. The Morgan fingerprint density at radius 1 is 1.10 bits per heavy atom. The first kappa shape index (κ1) is 14.5. The average molecular weight is 288 g/mol. The predicted molar refractivity (Wildman–Crippen MR) is 80.3 cm³/mol. The molecule has 4 heteroatoms. The molecule has 0 N–H and O–H groups in total. The second kappa shape index (κ2) is 6.01. The summed E-state index contributed by atoms with van der Waals surface area (Å²) in [5.41, 5.74) is 2.19. The van der Waals surface area contributed by atoms with Crippen molar-refractivity contribution >= 4 is 23.1 Å². The van der Waals surface area contributed by atoms with Gasteiger partial charge in [0.05, 0.1) is 12.7 Å². The van der Waals surface area contributed by atoms with Crippen LogP contribution in [0.4, 0.5) is 0 Å². The molecule has 0 bridgehead atoms. The lowest BCUT2D eigenvalue weighted by Gasteiger charge is -2.06. The first-order valence-electron chi connectivity index (χ1n) is 6.35. The summed E-state index contributed by atoms with van der Waals surface area (Å²) in [4.78, 5) is 24.5. The van der Waals surface area contributed by atoms with E-state index in [0.29, 0.717) is 5.56 Å². The van der Waals surface area contributed by atoms with Crippen molar-refractivity contribution in [3.05, 3.63) is 46.8 Å². The zero-order valence-corrected chi connectivity index (χ0v) is 12.5. The van der Waals surface area contributed by atoms with Gasteiger partial charge in [-0.2, -0.15) is 0 Å². The number of esters is 1. The Kier molecular flexibility index (Phi) is 4.35. The smallest absolute Gasteiger partial charge is 0.337 e. The van der Waals surface area contributed by atoms with Crippen molar-refractivity contribution < 1.29 is 14.3 Å². The maximum Gasteiger partial charge on any atom is 0.337 e. The predicted octanol–water partition coefficient (Wildman–Crippen LogP) is 4.04. The monoisotopic (exact) mass is 288 g/mol. The minimum Gasteiger partial charge on any atom is -0.465 e. The van der Waals surface area contributed by atoms with Crippen LogP contribution in [0.3, 0.4) is 0 Å². The highest BCUT2D eigenvalue weighted by molar-refractivity contribution is 7.14. The maximum absolute atomic E-state index is 12.2. The molecule has 0 fully saturated rings. The van der Waals surface area contributed by atoms with Gasteiger partial charge in [-0.05, 0) is 29.1 Å². The molecule has 20 heavy (non-hydrogen) atoms. The molecule has 0 atom stereocenters. The van der Waals surface area contributed by atoms with Crippen molar-refractivity contribution in [3.8, 4) is 10.4 Å². The van der Waals surface area contributed by atoms with Crippen molar-refractivity contribution in [2.45, 2.75) is 13.8 Å². The highest BCUT2D eigenvalue weighted by Crippen LogP contribution is 2.31. The molecule has 0 radical (unpaired) electrons. The normalized spacial score (nSPS) is 10.6. The molecule has 0 aliphatic heterocycles. The Labute approximate surface area is 122 Å². The quantitative estimate of drug-likeness (QED) is 0.630. The van der Waals surface area contributed by atoms with Crippen LogP contribution < -0.4 is 0 Å². The molecule has 0 saturated heterocycles. The fraction of sp³-hybridized carbons (Fsp3) is 0.250. The van der Waals surface area contributed by atoms with Crippen molar-refractivity contribution in [2.75, 3.05) is 7.11 Å². The van der Waals surface area contributed by atoms with Crippen molar-refractivity contribution in [1.29, 1.82) is 0 Å². The third-order valence-corrected chi connectivity index (χ3v) is 3.99. The van der Waals surface area contributed by atoms with Crippen LogP contribution in [0, 0.1) is 5.92 Å². The van der Waals surface area contributed by atoms with E-state index in [-0.39, 0.29) is 17.7 Å². The Morgan fingerprint density at radius 3 is 2.30 bits per heavy atom. The summed E-state index contributed by atoms with van der Waals surface area (Å²) >= 11 is 1.53. The van der Waals surface area contributed by atoms with Gasteiger partial charge in [-0.25, -0.2) is 4.79 Å². The molecule has 0 unspecified atom stereocenters. The Morgan fingerprint density at radius 2 is 1.75 bits per heavy atom. The number of thiophene rings is 1. The first-order valence-corrected chi connectivity index (χ1v) is 7.23. The summed E-state index contributed by atoms with van der Waals surface area (Å²) in [6.07, 6.45) is 0. The summed E-state index contributed by atoms with van der Waals surface area (Å²) < 4.78 is 4.67. The maximum atomic E-state index is 12.2. The van der Waals surface area contributed by atoms with E-state index in [4.69, 9.17) is 0 Å². The molecule has 2 rings (SSSR count). The highest BCUT2D eigenvalue weighted by Gasteiger charge is 2.17. The van der Waals surface area contributed by atoms with Crippen molar-refractivity contribution in [1.82, 2.24) is 0 Å². The molecule has 1 aromatic carbocycles. The number of ether oxygens (including phenoxy) is 1. The van der Waals surface area contributed by atoms with Crippen molar-refractivity contribution in [2.24, 2.45) is 5.92 Å². The van der Waals surface area contributed by atoms with E-state index in [1.807, 2.05) is 37.4 Å². The molecule has 0 aliphatic rings. The third-order valence-electron chi connectivity index (χ3n) is 3.02. The van der Waals surface area contributed by atoms with E-state index in [1.54, 1.807) is 12.1 Å². The van der Waals surface area contributed by atoms with E-state index >= 15 is 0 Å². The van der Waals surface area contributed by atoms with Crippen LogP contribution in [0.15, 0.2) is 35.7 Å². The lowest BCUT2D eigenvalue weighted by Crippen LogP contribution is -2.07. The summed E-state index contributed by atoms with van der Waals surface area (Å²) in [6, 6.07) is 8.97. The molecule has 0 aliphatic carbocycles. The Bertz CT molecular complexity index is 623. The van der Waals surface area contributed by atoms with Gasteiger partial charge in [-0.3, -0.25) is 4.79 Å². The van der Waals surface area contributed by atoms with E-state index in [1.165, 1.54) is 18.4 Å². The second-order valence-corrected chi connectivity index (χ2v) is 5.67. The molecule has 1 aromatic heterocycles. The average Bonchev–Trinajstić information content (AvgIpc) is 2.94. The molecular formula is C16H16O3S. The molecule has 104 valence electrons. The molecule has 0 saturated carbocycles. The van der Waals surface area contributed by atoms with Gasteiger partial charge in [0.25, 0.3) is 0 Å². The Hall–Kier alpha value is -1.94. The first-order chi connectivity index (χ1) is 9.54. The van der Waals surface area contributed by atoms with Gasteiger partial charge in [-0.1, -0.05) is 26.0 Å². The van der Waals surface area contributed by atoms with Gasteiger partial charge in [0, 0.05) is 16.4 Å². The summed E-state index contributed by atoms with van der Waals surface area (Å²) in [5.74, 6) is -0.253. The van der Waals surface area contributed by atoms with E-state index in [9.17, 15) is 9.59 Å². The number of Topliss-reactive ketones (excluding diaryl/α,β-unsaturated/α-hetero) is 1. The molecular weight excluding hydrogens is 272 g/mol. The molecule has 2 aromatic rings. The summed E-state index contributed by atoms with van der Waals surface area (Å²) in [6.45, 7) is 3.79. The van der Waals surface area contributed by atoms with Gasteiger partial charge in [0.1, 0.15) is 0 Å². The molecule has 1 heterocycles. The highest BCUT2D eigenvalue weighted by atomic mass is 32.1. The molecule has 3 nitrogen and oxygen atoms in total. The van der Waals surface area contributed by atoms with E-state index in [0.717, 1.165) is 16.0 Å². The number of benzene rings is 1. The fourth-order valence-electron chi connectivity index (χ4n) is 1.91. The second-order valence-electron chi connectivity index (χ2n) is 4.75. The number of methoxy groups -OCH3 is 1. The fourth-order valence-corrected chi connectivity index (χ4v) is 2.82. The van der Waals surface area contributed by atoms with Gasteiger partial charge in [0.15, 0.2) is 5.78 Å². The van der Waals surface area contributed by atoms with Crippen LogP contribution in [0.1, 0.15) is 34.6 Å². The minimum atomic E-state index is -0.360. The standard InChI is InChI=1S/C16H16O3S/c1-10(2)14(17)13-8-9-20-15(13)11-4-6-12(7-5-11)16(18)19-3/h4-10H,1-3H3. The van der Waals surface area contributed by atoms with Crippen LogP contribution >= 0.6 is 11.3 Å². The van der Waals surface area contributed by atoms with E-state index < -0.39 is 0 Å². The van der Waals surface area contributed by atoms with Crippen LogP contribution in [-0.2, 0) is 4.74 Å². The van der Waals surface area contributed by atoms with Gasteiger partial charge in [0.2, 0.25) is 0 Å². The molecule has 0 amide bonds. The van der Waals surface area contributed by atoms with Crippen LogP contribution in [0.25, 0.3) is 10.4 Å². The summed E-state index contributed by atoms with van der Waals surface area (Å²) in [5, 5.41) is 1.92. The Balaban J connectivity index is 2.36. The third kappa shape index (κ3) is 2.80. The van der Waals surface area contributed by atoms with Gasteiger partial charge in [-0.15, -0.1) is 11.3 Å². The number of carbonyl (C=O) groups excluding carboxylic acids is 2. The molecule has 0 spiro atoms. The van der Waals surface area contributed by atoms with Crippen LogP contribution in [0.2, 0.25) is 0 Å². The minimum absolute atomic E-state index is 0.0299. The van der Waals surface area contributed by atoms with Gasteiger partial charge >= 0.3 is 5.97 Å². The van der Waals surface area contributed by atoms with Crippen LogP contribution in [0.5, 0.6) is 0 Å². The largest absolute Gasteiger partial charge is 0.465 e. The van der Waals surface area contributed by atoms with Crippen LogP contribution in [-0.4, -0.2) is 18.9 Å². The van der Waals surface area contributed by atoms with Gasteiger partial charge < -0.3 is 4.74 Å². The number of carbonyl (C=O) groups is 2. The lowest BCUT2D eigenvalue weighted by atomic mass is 9.99. The number of rotatable bonds is 4. The zero-order valence-electron chi connectivity index (χ0n) is 11.7. The topological polar surface area (TPSA) is 43.4 Å². The SMILES string of the molecule is COC(=O)c1ccc(-c2sccc2C(=O)C(C)C)cc1. The number of ketones is 1. The number of hydrogen-bond acceptors (Lipinski definition) is 4. The van der Waals surface area contributed by atoms with E-state index in [2.05, 4.69) is 4.74 Å².